The molecule has 0 unspecified atom stereocenters. The number of pyridine rings is 1. The molecule has 5 nitrogen and oxygen atoms in total. The van der Waals surface area contributed by atoms with Crippen LogP contribution in [0.1, 0.15) is 5.56 Å². The molecule has 0 aliphatic rings. The molecule has 0 aliphatic heterocycles. The molecule has 0 fully saturated rings. The Morgan fingerprint density at radius 1 is 1.17 bits per heavy atom. The highest BCUT2D eigenvalue weighted by atomic mass is 15.5. The smallest absolute Gasteiger partial charge is 0.130 e. The Bertz CT molecular complexity index is 674. The third-order valence-corrected chi connectivity index (χ3v) is 2.83. The zero-order chi connectivity index (χ0) is 12.4. The summed E-state index contributed by atoms with van der Waals surface area (Å²) in [4.78, 5) is 4.29. The summed E-state index contributed by atoms with van der Waals surface area (Å²) >= 11 is 0. The first-order chi connectivity index (χ1) is 8.84. The third kappa shape index (κ3) is 1.90. The summed E-state index contributed by atoms with van der Waals surface area (Å²) in [5, 5.41) is 11.5. The molecule has 0 saturated carbocycles. The van der Waals surface area contributed by atoms with Gasteiger partial charge in [-0.05, 0) is 30.7 Å². The van der Waals surface area contributed by atoms with Crippen molar-refractivity contribution in [3.05, 3.63) is 48.2 Å². The maximum atomic E-state index is 4.29. The van der Waals surface area contributed by atoms with Crippen molar-refractivity contribution in [2.24, 2.45) is 0 Å². The maximum absolute atomic E-state index is 4.29. The Kier molecular flexibility index (Phi) is 2.64. The van der Waals surface area contributed by atoms with Gasteiger partial charge in [0.05, 0.1) is 5.52 Å². The average Bonchev–Trinajstić information content (AvgIpc) is 2.81. The molecule has 0 radical (unpaired) electrons. The Hall–Kier alpha value is -2.43. The van der Waals surface area contributed by atoms with E-state index in [-0.39, 0.29) is 0 Å². The first-order valence-corrected chi connectivity index (χ1v) is 5.78. The number of rotatable bonds is 3. The number of anilines is 1. The Morgan fingerprint density at radius 2 is 2.06 bits per heavy atom. The summed E-state index contributed by atoms with van der Waals surface area (Å²) in [7, 11) is 0. The molecule has 0 aliphatic carbocycles. The van der Waals surface area contributed by atoms with Gasteiger partial charge in [-0.25, -0.2) is 9.67 Å². The van der Waals surface area contributed by atoms with Gasteiger partial charge in [-0.15, -0.1) is 5.10 Å². The van der Waals surface area contributed by atoms with Crippen LogP contribution in [0.2, 0.25) is 0 Å². The standard InChI is InChI=1S/C13H13N5/c1-10-5-4-8-14-13(10)15-9-18-12-7-3-2-6-11(12)16-17-18/h2-8H,9H2,1H3,(H,14,15). The van der Waals surface area contributed by atoms with Gasteiger partial charge < -0.3 is 5.32 Å². The quantitative estimate of drug-likeness (QED) is 0.761. The Labute approximate surface area is 104 Å². The van der Waals surface area contributed by atoms with Gasteiger partial charge >= 0.3 is 0 Å². The molecule has 18 heavy (non-hydrogen) atoms. The van der Waals surface area contributed by atoms with Crippen molar-refractivity contribution in [2.45, 2.75) is 13.6 Å². The first kappa shape index (κ1) is 10.7. The van der Waals surface area contributed by atoms with Crippen LogP contribution < -0.4 is 5.32 Å². The van der Waals surface area contributed by atoms with Crippen LogP contribution in [0.4, 0.5) is 5.82 Å². The lowest BCUT2D eigenvalue weighted by Gasteiger charge is -2.08. The number of benzene rings is 1. The SMILES string of the molecule is Cc1cccnc1NCn1nnc2ccccc21. The highest BCUT2D eigenvalue weighted by molar-refractivity contribution is 5.73. The van der Waals surface area contributed by atoms with E-state index in [1.807, 2.05) is 48.0 Å². The van der Waals surface area contributed by atoms with Crippen LogP contribution in [-0.4, -0.2) is 20.0 Å². The van der Waals surface area contributed by atoms with Gasteiger partial charge in [0.15, 0.2) is 0 Å². The molecule has 0 spiro atoms. The molecule has 3 rings (SSSR count). The van der Waals surface area contributed by atoms with Gasteiger partial charge in [0.1, 0.15) is 18.0 Å². The molecule has 5 heteroatoms. The zero-order valence-electron chi connectivity index (χ0n) is 10.0. The third-order valence-electron chi connectivity index (χ3n) is 2.83. The molecular formula is C13H13N5. The van der Waals surface area contributed by atoms with Crippen molar-refractivity contribution >= 4 is 16.9 Å². The van der Waals surface area contributed by atoms with Gasteiger partial charge in [-0.1, -0.05) is 23.4 Å². The number of hydrogen-bond donors (Lipinski definition) is 1. The van der Waals surface area contributed by atoms with Crippen molar-refractivity contribution < 1.29 is 0 Å². The van der Waals surface area contributed by atoms with E-state index in [9.17, 15) is 0 Å². The summed E-state index contributed by atoms with van der Waals surface area (Å²) in [6.07, 6.45) is 1.77. The number of nitrogens with zero attached hydrogens (tertiary/aromatic N) is 4. The van der Waals surface area contributed by atoms with E-state index in [2.05, 4.69) is 20.6 Å². The summed E-state index contributed by atoms with van der Waals surface area (Å²) in [5.41, 5.74) is 3.03. The number of fused-ring (bicyclic) bond motifs is 1. The molecule has 3 aromatic rings. The lowest BCUT2D eigenvalue weighted by Crippen LogP contribution is -2.11. The molecule has 1 N–H and O–H groups in total. The van der Waals surface area contributed by atoms with Gasteiger partial charge in [0.25, 0.3) is 0 Å². The second kappa shape index (κ2) is 4.44. The normalized spacial score (nSPS) is 10.7. The van der Waals surface area contributed by atoms with Crippen molar-refractivity contribution in [1.82, 2.24) is 20.0 Å². The van der Waals surface area contributed by atoms with Crippen LogP contribution in [0, 0.1) is 6.92 Å². The molecular weight excluding hydrogens is 226 g/mol. The first-order valence-electron chi connectivity index (χ1n) is 5.78. The van der Waals surface area contributed by atoms with Crippen molar-refractivity contribution in [3.63, 3.8) is 0 Å². The van der Waals surface area contributed by atoms with Gasteiger partial charge in [0.2, 0.25) is 0 Å². The predicted octanol–water partition coefficient (Wildman–Crippen LogP) is 2.20. The van der Waals surface area contributed by atoms with Crippen LogP contribution in [0.25, 0.3) is 11.0 Å². The van der Waals surface area contributed by atoms with Gasteiger partial charge in [-0.3, -0.25) is 0 Å². The van der Waals surface area contributed by atoms with E-state index < -0.39 is 0 Å². The second-order valence-electron chi connectivity index (χ2n) is 4.08. The molecule has 0 atom stereocenters. The number of aromatic nitrogens is 4. The highest BCUT2D eigenvalue weighted by Crippen LogP contribution is 2.12. The lowest BCUT2D eigenvalue weighted by atomic mass is 10.3. The minimum absolute atomic E-state index is 0.554. The average molecular weight is 239 g/mol. The second-order valence-corrected chi connectivity index (χ2v) is 4.08. The fourth-order valence-corrected chi connectivity index (χ4v) is 1.85. The van der Waals surface area contributed by atoms with E-state index in [0.717, 1.165) is 22.4 Å². The molecule has 2 heterocycles. The van der Waals surface area contributed by atoms with E-state index in [0.29, 0.717) is 6.67 Å². The maximum Gasteiger partial charge on any atom is 0.130 e. The number of nitrogens with one attached hydrogen (secondary N) is 1. The van der Waals surface area contributed by atoms with Crippen LogP contribution in [0.3, 0.4) is 0 Å². The Balaban J connectivity index is 1.83. The molecule has 90 valence electrons. The van der Waals surface area contributed by atoms with Crippen molar-refractivity contribution in [3.8, 4) is 0 Å². The fraction of sp³-hybridized carbons (Fsp3) is 0.154. The summed E-state index contributed by atoms with van der Waals surface area (Å²) in [6.45, 7) is 2.58. The van der Waals surface area contributed by atoms with Crippen LogP contribution in [0.15, 0.2) is 42.6 Å². The number of para-hydroxylation sites is 1. The topological polar surface area (TPSA) is 55.6 Å². The van der Waals surface area contributed by atoms with Gasteiger partial charge in [-0.2, -0.15) is 0 Å². The van der Waals surface area contributed by atoms with E-state index in [4.69, 9.17) is 0 Å². The van der Waals surface area contributed by atoms with Crippen LogP contribution in [0.5, 0.6) is 0 Å². The summed E-state index contributed by atoms with van der Waals surface area (Å²) in [5.74, 6) is 0.872. The monoisotopic (exact) mass is 239 g/mol. The molecule has 0 bridgehead atoms. The zero-order valence-corrected chi connectivity index (χ0v) is 10.0. The highest BCUT2D eigenvalue weighted by Gasteiger charge is 2.03. The van der Waals surface area contributed by atoms with E-state index in [1.54, 1.807) is 6.20 Å². The van der Waals surface area contributed by atoms with Crippen LogP contribution in [-0.2, 0) is 6.67 Å². The van der Waals surface area contributed by atoms with Crippen LogP contribution >= 0.6 is 0 Å². The molecule has 0 saturated heterocycles. The number of aryl methyl sites for hydroxylation is 1. The summed E-state index contributed by atoms with van der Waals surface area (Å²) in [6, 6.07) is 11.8. The fourth-order valence-electron chi connectivity index (χ4n) is 1.85. The molecule has 0 amide bonds. The minimum atomic E-state index is 0.554. The van der Waals surface area contributed by atoms with E-state index >= 15 is 0 Å². The minimum Gasteiger partial charge on any atom is -0.351 e. The predicted molar refractivity (Wildman–Crippen MR) is 70.1 cm³/mol. The Morgan fingerprint density at radius 3 is 2.94 bits per heavy atom. The molecule has 2 aromatic heterocycles. The number of hydrogen-bond acceptors (Lipinski definition) is 4. The summed E-state index contributed by atoms with van der Waals surface area (Å²) < 4.78 is 1.82. The van der Waals surface area contributed by atoms with Crippen molar-refractivity contribution in [1.29, 1.82) is 0 Å². The largest absolute Gasteiger partial charge is 0.351 e. The van der Waals surface area contributed by atoms with Crippen molar-refractivity contribution in [2.75, 3.05) is 5.32 Å². The molecule has 1 aromatic carbocycles. The lowest BCUT2D eigenvalue weighted by molar-refractivity contribution is 0.653. The van der Waals surface area contributed by atoms with Gasteiger partial charge in [0, 0.05) is 6.20 Å². The van der Waals surface area contributed by atoms with E-state index in [1.165, 1.54) is 0 Å².